The number of methoxy groups -OCH3 is 1. The molecule has 0 spiro atoms. The summed E-state index contributed by atoms with van der Waals surface area (Å²) in [5, 5.41) is 0. The second-order valence-corrected chi connectivity index (χ2v) is 5.64. The van der Waals surface area contributed by atoms with Crippen LogP contribution in [0, 0.1) is 6.92 Å². The van der Waals surface area contributed by atoms with Gasteiger partial charge in [0, 0.05) is 11.7 Å². The van der Waals surface area contributed by atoms with E-state index < -0.39 is 7.12 Å². The minimum atomic E-state index is -0.392. The molecule has 0 aromatic carbocycles. The van der Waals surface area contributed by atoms with E-state index in [-0.39, 0.29) is 11.2 Å². The molecule has 0 radical (unpaired) electrons. The smallest absolute Gasteiger partial charge is 0.495 e. The summed E-state index contributed by atoms with van der Waals surface area (Å²) in [7, 11) is 1.25. The summed E-state index contributed by atoms with van der Waals surface area (Å²) in [6.45, 7) is 10.0. The molecule has 0 saturated carbocycles. The van der Waals surface area contributed by atoms with E-state index in [0.717, 1.165) is 16.9 Å². The van der Waals surface area contributed by atoms with Crippen molar-refractivity contribution in [3.63, 3.8) is 0 Å². The minimum Gasteiger partial charge on any atom is -0.495 e. The van der Waals surface area contributed by atoms with Gasteiger partial charge in [-0.1, -0.05) is 0 Å². The predicted molar refractivity (Wildman–Crippen MR) is 71.2 cm³/mol. The van der Waals surface area contributed by atoms with Crippen LogP contribution in [0.3, 0.4) is 0 Å². The second-order valence-electron chi connectivity index (χ2n) is 5.64. The fourth-order valence-electron chi connectivity index (χ4n) is 1.84. The van der Waals surface area contributed by atoms with Gasteiger partial charge in [-0.25, -0.2) is 0 Å². The van der Waals surface area contributed by atoms with Gasteiger partial charge in [-0.2, -0.15) is 0 Å². The molecule has 98 valence electrons. The van der Waals surface area contributed by atoms with Crippen molar-refractivity contribution in [2.75, 3.05) is 7.11 Å². The molecule has 1 saturated heterocycles. The van der Waals surface area contributed by atoms with Crippen LogP contribution in [-0.2, 0) is 9.31 Å². The molecule has 0 unspecified atom stereocenters. The average molecular weight is 249 g/mol. The maximum absolute atomic E-state index is 5.97. The van der Waals surface area contributed by atoms with Gasteiger partial charge in [0.15, 0.2) is 0 Å². The van der Waals surface area contributed by atoms with Gasteiger partial charge < -0.3 is 14.0 Å². The number of pyridine rings is 1. The maximum atomic E-state index is 5.97. The number of nitrogens with zero attached hydrogens (tertiary/aromatic N) is 1. The lowest BCUT2D eigenvalue weighted by Crippen LogP contribution is -2.41. The van der Waals surface area contributed by atoms with Crippen molar-refractivity contribution in [2.24, 2.45) is 0 Å². The lowest BCUT2D eigenvalue weighted by atomic mass is 9.80. The van der Waals surface area contributed by atoms with Gasteiger partial charge in [0.1, 0.15) is 5.75 Å². The zero-order chi connectivity index (χ0) is 13.6. The molecule has 4 nitrogen and oxygen atoms in total. The highest BCUT2D eigenvalue weighted by molar-refractivity contribution is 6.62. The highest BCUT2D eigenvalue weighted by Gasteiger charge is 2.51. The zero-order valence-electron chi connectivity index (χ0n) is 11.9. The largest absolute Gasteiger partial charge is 0.496 e. The van der Waals surface area contributed by atoms with Crippen LogP contribution >= 0.6 is 0 Å². The molecule has 0 N–H and O–H groups in total. The third kappa shape index (κ3) is 2.13. The van der Waals surface area contributed by atoms with E-state index in [1.807, 2.05) is 40.7 Å². The first-order valence-corrected chi connectivity index (χ1v) is 6.13. The summed E-state index contributed by atoms with van der Waals surface area (Å²) in [4.78, 5) is 4.31. The van der Waals surface area contributed by atoms with E-state index in [2.05, 4.69) is 4.98 Å². The number of rotatable bonds is 2. The number of hydrogen-bond donors (Lipinski definition) is 0. The van der Waals surface area contributed by atoms with E-state index >= 15 is 0 Å². The van der Waals surface area contributed by atoms with E-state index in [9.17, 15) is 0 Å². The van der Waals surface area contributed by atoms with Crippen molar-refractivity contribution in [3.8, 4) is 5.75 Å². The van der Waals surface area contributed by atoms with Gasteiger partial charge in [-0.3, -0.25) is 4.98 Å². The molecular formula is C13H20BNO3. The van der Waals surface area contributed by atoms with Gasteiger partial charge in [-0.15, -0.1) is 0 Å². The molecule has 1 fully saturated rings. The van der Waals surface area contributed by atoms with Crippen LogP contribution < -0.4 is 10.2 Å². The zero-order valence-corrected chi connectivity index (χ0v) is 11.9. The molecule has 1 aliphatic heterocycles. The molecule has 1 aliphatic rings. The maximum Gasteiger partial charge on any atom is 0.496 e. The lowest BCUT2D eigenvalue weighted by Gasteiger charge is -2.32. The molecule has 0 atom stereocenters. The van der Waals surface area contributed by atoms with E-state index in [1.54, 1.807) is 13.3 Å². The SMILES string of the molecule is COc1cc(B2OC(C)(C)C(C)(C)O2)cnc1C. The van der Waals surface area contributed by atoms with Gasteiger partial charge in [-0.05, 0) is 40.7 Å². The fraction of sp³-hybridized carbons (Fsp3) is 0.615. The predicted octanol–water partition coefficient (Wildman–Crippen LogP) is 1.70. The van der Waals surface area contributed by atoms with Crippen LogP contribution in [0.15, 0.2) is 12.3 Å². The van der Waals surface area contributed by atoms with Gasteiger partial charge in [0.25, 0.3) is 0 Å². The summed E-state index contributed by atoms with van der Waals surface area (Å²) < 4.78 is 17.2. The van der Waals surface area contributed by atoms with Gasteiger partial charge in [0.2, 0.25) is 0 Å². The van der Waals surface area contributed by atoms with Crippen molar-refractivity contribution >= 4 is 12.6 Å². The Kier molecular flexibility index (Phi) is 3.15. The number of ether oxygens (including phenoxy) is 1. The first kappa shape index (κ1) is 13.4. The van der Waals surface area contributed by atoms with Crippen LogP contribution in [0.1, 0.15) is 33.4 Å². The molecule has 0 amide bonds. The van der Waals surface area contributed by atoms with Crippen molar-refractivity contribution in [1.82, 2.24) is 4.98 Å². The third-order valence-corrected chi connectivity index (χ3v) is 3.81. The highest BCUT2D eigenvalue weighted by Crippen LogP contribution is 2.36. The molecule has 2 rings (SSSR count). The Bertz CT molecular complexity index is 444. The molecule has 1 aromatic heterocycles. The monoisotopic (exact) mass is 249 g/mol. The number of aryl methyl sites for hydroxylation is 1. The first-order chi connectivity index (χ1) is 8.27. The van der Waals surface area contributed by atoms with E-state index in [4.69, 9.17) is 14.0 Å². The Hall–Kier alpha value is -1.07. The molecule has 18 heavy (non-hydrogen) atoms. The van der Waals surface area contributed by atoms with Crippen LogP contribution in [-0.4, -0.2) is 30.4 Å². The Morgan fingerprint density at radius 2 is 1.72 bits per heavy atom. The van der Waals surface area contributed by atoms with Crippen LogP contribution in [0.5, 0.6) is 5.75 Å². The molecule has 0 bridgehead atoms. The standard InChI is InChI=1S/C13H20BNO3/c1-9-11(16-6)7-10(8-15-9)14-17-12(2,3)13(4,5)18-14/h7-8H,1-6H3. The molecule has 1 aromatic rings. The Labute approximate surface area is 109 Å². The highest BCUT2D eigenvalue weighted by atomic mass is 16.7. The fourth-order valence-corrected chi connectivity index (χ4v) is 1.84. The van der Waals surface area contributed by atoms with Gasteiger partial charge in [0.05, 0.1) is 24.0 Å². The third-order valence-electron chi connectivity index (χ3n) is 3.81. The Morgan fingerprint density at radius 1 is 1.17 bits per heavy atom. The van der Waals surface area contributed by atoms with Gasteiger partial charge >= 0.3 is 7.12 Å². The van der Waals surface area contributed by atoms with Crippen molar-refractivity contribution in [1.29, 1.82) is 0 Å². The van der Waals surface area contributed by atoms with E-state index in [0.29, 0.717) is 0 Å². The van der Waals surface area contributed by atoms with Crippen LogP contribution in [0.4, 0.5) is 0 Å². The Morgan fingerprint density at radius 3 is 2.22 bits per heavy atom. The summed E-state index contributed by atoms with van der Waals surface area (Å²) in [5.74, 6) is 0.752. The second kappa shape index (κ2) is 4.25. The van der Waals surface area contributed by atoms with Crippen LogP contribution in [0.2, 0.25) is 0 Å². The Balaban J connectivity index is 2.30. The summed E-state index contributed by atoms with van der Waals surface area (Å²) in [5.41, 5.74) is 1.07. The quantitative estimate of drug-likeness (QED) is 0.748. The van der Waals surface area contributed by atoms with Crippen molar-refractivity contribution in [3.05, 3.63) is 18.0 Å². The molecule has 5 heteroatoms. The topological polar surface area (TPSA) is 40.6 Å². The minimum absolute atomic E-state index is 0.338. The molecule has 0 aliphatic carbocycles. The first-order valence-electron chi connectivity index (χ1n) is 6.13. The average Bonchev–Trinajstić information content (AvgIpc) is 2.49. The summed E-state index contributed by atoms with van der Waals surface area (Å²) in [6, 6.07) is 1.92. The summed E-state index contributed by atoms with van der Waals surface area (Å²) >= 11 is 0. The normalized spacial score (nSPS) is 21.1. The van der Waals surface area contributed by atoms with Crippen LogP contribution in [0.25, 0.3) is 0 Å². The lowest BCUT2D eigenvalue weighted by molar-refractivity contribution is 0.00578. The number of aromatic nitrogens is 1. The van der Waals surface area contributed by atoms with E-state index in [1.165, 1.54) is 0 Å². The molecule has 2 heterocycles. The van der Waals surface area contributed by atoms with Crippen molar-refractivity contribution < 1.29 is 14.0 Å². The number of hydrogen-bond acceptors (Lipinski definition) is 4. The molecular weight excluding hydrogens is 229 g/mol. The van der Waals surface area contributed by atoms with Crippen molar-refractivity contribution in [2.45, 2.75) is 45.8 Å². The summed E-state index contributed by atoms with van der Waals surface area (Å²) in [6.07, 6.45) is 1.78.